The summed E-state index contributed by atoms with van der Waals surface area (Å²) in [6.45, 7) is 6.12. The Morgan fingerprint density at radius 3 is 2.28 bits per heavy atom. The van der Waals surface area contributed by atoms with Crippen LogP contribution in [0.5, 0.6) is 0 Å². The number of pyridine rings is 1. The Balaban J connectivity index is 1.29. The summed E-state index contributed by atoms with van der Waals surface area (Å²) in [5.41, 5.74) is 3.03. The number of hydrogen-bond donors (Lipinski definition) is 2. The Morgan fingerprint density at radius 1 is 1.03 bits per heavy atom. The van der Waals surface area contributed by atoms with Gasteiger partial charge in [-0.25, -0.2) is 0 Å². The number of aromatic nitrogens is 5. The molecule has 2 N–H and O–H groups in total. The maximum absolute atomic E-state index is 12.7. The second kappa shape index (κ2) is 14.0. The van der Waals surface area contributed by atoms with Crippen molar-refractivity contribution < 1.29 is 9.59 Å². The second-order valence-corrected chi connectivity index (χ2v) is 11.5. The minimum Gasteiger partial charge on any atom is -0.300 e. The summed E-state index contributed by atoms with van der Waals surface area (Å²) >= 11 is 2.86. The van der Waals surface area contributed by atoms with Gasteiger partial charge in [0.2, 0.25) is 22.1 Å². The Morgan fingerprint density at radius 2 is 1.69 bits per heavy atom. The zero-order chi connectivity index (χ0) is 27.6. The first-order chi connectivity index (χ1) is 18.9. The molecule has 0 radical (unpaired) electrons. The Hall–Kier alpha value is -3.57. The molecule has 39 heavy (non-hydrogen) atoms. The van der Waals surface area contributed by atoms with E-state index in [0.29, 0.717) is 10.3 Å². The van der Waals surface area contributed by atoms with Gasteiger partial charge in [0.05, 0.1) is 12.8 Å². The van der Waals surface area contributed by atoms with Gasteiger partial charge in [-0.1, -0.05) is 65.5 Å². The molecule has 0 saturated heterocycles. The third-order valence-corrected chi connectivity index (χ3v) is 8.45. The average Bonchev–Trinajstić information content (AvgIpc) is 3.69. The summed E-state index contributed by atoms with van der Waals surface area (Å²) < 4.78 is 0. The maximum Gasteiger partial charge on any atom is 0.230 e. The first-order valence-corrected chi connectivity index (χ1v) is 14.7. The zero-order valence-electron chi connectivity index (χ0n) is 22.4. The molecular formula is C28H33N7O2S2. The van der Waals surface area contributed by atoms with Crippen molar-refractivity contribution in [1.29, 1.82) is 0 Å². The molecule has 3 heterocycles. The van der Waals surface area contributed by atoms with Gasteiger partial charge < -0.3 is 10.6 Å². The van der Waals surface area contributed by atoms with Crippen molar-refractivity contribution in [2.75, 3.05) is 10.6 Å². The van der Waals surface area contributed by atoms with E-state index >= 15 is 0 Å². The fraction of sp³-hybridized carbons (Fsp3) is 0.393. The van der Waals surface area contributed by atoms with Gasteiger partial charge in [-0.15, -0.1) is 20.4 Å². The lowest BCUT2D eigenvalue weighted by molar-refractivity contribution is -0.116. The normalized spacial score (nSPS) is 18.0. The number of anilines is 2. The van der Waals surface area contributed by atoms with Crippen LogP contribution in [0.15, 0.2) is 60.0 Å². The molecule has 0 aliphatic heterocycles. The van der Waals surface area contributed by atoms with Crippen molar-refractivity contribution >= 4 is 44.8 Å². The number of allylic oxidation sites excluding steroid dienone is 5. The Bertz CT molecular complexity index is 1360. The lowest BCUT2D eigenvalue weighted by atomic mass is 10.1. The summed E-state index contributed by atoms with van der Waals surface area (Å²) in [6, 6.07) is 3.68. The van der Waals surface area contributed by atoms with Crippen molar-refractivity contribution in [1.82, 2.24) is 25.4 Å². The molecule has 2 amide bonds. The first-order valence-electron chi connectivity index (χ1n) is 13.1. The van der Waals surface area contributed by atoms with Crippen molar-refractivity contribution in [3.05, 3.63) is 75.6 Å². The van der Waals surface area contributed by atoms with Crippen molar-refractivity contribution in [2.45, 2.75) is 71.1 Å². The predicted octanol–water partition coefficient (Wildman–Crippen LogP) is 6.20. The van der Waals surface area contributed by atoms with Gasteiger partial charge in [-0.3, -0.25) is 14.6 Å². The fourth-order valence-corrected chi connectivity index (χ4v) is 6.14. The van der Waals surface area contributed by atoms with Crippen LogP contribution in [0.2, 0.25) is 0 Å². The maximum atomic E-state index is 12.7. The van der Waals surface area contributed by atoms with Crippen molar-refractivity contribution in [2.24, 2.45) is 0 Å². The third kappa shape index (κ3) is 8.46. The van der Waals surface area contributed by atoms with Crippen LogP contribution in [0.1, 0.15) is 80.3 Å². The van der Waals surface area contributed by atoms with Crippen LogP contribution in [0.25, 0.3) is 0 Å². The molecule has 11 heteroatoms. The summed E-state index contributed by atoms with van der Waals surface area (Å²) in [6.07, 6.45) is 15.6. The van der Waals surface area contributed by atoms with Gasteiger partial charge in [0.15, 0.2) is 0 Å². The van der Waals surface area contributed by atoms with Gasteiger partial charge in [0.25, 0.3) is 0 Å². The van der Waals surface area contributed by atoms with Gasteiger partial charge in [-0.05, 0) is 56.7 Å². The molecule has 2 atom stereocenters. The molecule has 2 unspecified atom stereocenters. The van der Waals surface area contributed by atoms with E-state index in [1.807, 2.05) is 37.3 Å². The Labute approximate surface area is 236 Å². The number of hydrogen-bond acceptors (Lipinski definition) is 9. The van der Waals surface area contributed by atoms with E-state index < -0.39 is 0 Å². The van der Waals surface area contributed by atoms with E-state index in [2.05, 4.69) is 55.9 Å². The van der Waals surface area contributed by atoms with Gasteiger partial charge in [0.1, 0.15) is 10.0 Å². The highest BCUT2D eigenvalue weighted by atomic mass is 32.1. The molecule has 1 fully saturated rings. The number of carbonyl (C=O) groups is 2. The quantitative estimate of drug-likeness (QED) is 0.266. The van der Waals surface area contributed by atoms with E-state index in [4.69, 9.17) is 0 Å². The summed E-state index contributed by atoms with van der Waals surface area (Å²) in [5.74, 6) is 0.265. The standard InChI is InChI=1S/C28H33N7O2S2/c1-4-6-8-19(13-18(3)5-2)14-23(36)30-27-34-32-25(38-27)21-10-11-22(16-21)26-33-35-28(39-26)31-24(37)15-20-9-7-12-29-17-20/h4,6-9,12-13,17,21-22H,5,10-11,14-16H2,1-3H3,(H,30,34,36)(H,31,35,37)/b6-4-,18-13?,19-8+. The molecule has 0 bridgehead atoms. The van der Waals surface area contributed by atoms with E-state index in [1.165, 1.54) is 28.2 Å². The van der Waals surface area contributed by atoms with Gasteiger partial charge in [0, 0.05) is 24.2 Å². The highest BCUT2D eigenvalue weighted by Gasteiger charge is 2.32. The second-order valence-electron chi connectivity index (χ2n) is 9.52. The van der Waals surface area contributed by atoms with Crippen LogP contribution in [0, 0.1) is 0 Å². The molecule has 1 aliphatic carbocycles. The molecule has 1 aliphatic rings. The van der Waals surface area contributed by atoms with E-state index in [0.717, 1.165) is 46.8 Å². The molecule has 9 nitrogen and oxygen atoms in total. The molecule has 4 rings (SSSR count). The smallest absolute Gasteiger partial charge is 0.230 e. The number of rotatable bonds is 11. The lowest BCUT2D eigenvalue weighted by Gasteiger charge is -2.05. The summed E-state index contributed by atoms with van der Waals surface area (Å²) in [5, 5.41) is 25.8. The number of nitrogens with zero attached hydrogens (tertiary/aromatic N) is 5. The van der Waals surface area contributed by atoms with Crippen LogP contribution in [0.4, 0.5) is 10.3 Å². The largest absolute Gasteiger partial charge is 0.300 e. The molecular weight excluding hydrogens is 530 g/mol. The van der Waals surface area contributed by atoms with E-state index in [9.17, 15) is 9.59 Å². The molecule has 3 aromatic heterocycles. The third-order valence-electron chi connectivity index (χ3n) is 6.45. The Kier molecular flexibility index (Phi) is 10.2. The van der Waals surface area contributed by atoms with Gasteiger partial charge in [-0.2, -0.15) is 0 Å². The molecule has 0 aromatic carbocycles. The first kappa shape index (κ1) is 28.4. The van der Waals surface area contributed by atoms with Crippen molar-refractivity contribution in [3.8, 4) is 0 Å². The average molecular weight is 564 g/mol. The van der Waals surface area contributed by atoms with Crippen LogP contribution in [0.3, 0.4) is 0 Å². The topological polar surface area (TPSA) is 123 Å². The zero-order valence-corrected chi connectivity index (χ0v) is 24.0. The fourth-order valence-electron chi connectivity index (χ4n) is 4.33. The minimum absolute atomic E-state index is 0.107. The molecule has 1 saturated carbocycles. The van der Waals surface area contributed by atoms with Crippen molar-refractivity contribution in [3.63, 3.8) is 0 Å². The van der Waals surface area contributed by atoms with E-state index in [1.54, 1.807) is 12.4 Å². The molecule has 0 spiro atoms. The predicted molar refractivity (Wildman–Crippen MR) is 156 cm³/mol. The summed E-state index contributed by atoms with van der Waals surface area (Å²) in [7, 11) is 0. The van der Waals surface area contributed by atoms with Crippen LogP contribution in [-0.2, 0) is 16.0 Å². The number of carbonyl (C=O) groups excluding carboxylic acids is 2. The van der Waals surface area contributed by atoms with Crippen LogP contribution in [-0.4, -0.2) is 37.2 Å². The SMILES string of the molecule is C/C=C\C=C(/C=C(C)CC)CC(=O)Nc1nnc(C2CCC(c3nnc(NC(=O)Cc4cccnc4)s3)C2)s1. The molecule has 3 aromatic rings. The van der Waals surface area contributed by atoms with Crippen LogP contribution >= 0.6 is 22.7 Å². The monoisotopic (exact) mass is 563 g/mol. The number of nitrogens with one attached hydrogen (secondary N) is 2. The van der Waals surface area contributed by atoms with Crippen LogP contribution < -0.4 is 10.6 Å². The number of amides is 2. The molecule has 204 valence electrons. The highest BCUT2D eigenvalue weighted by molar-refractivity contribution is 7.15. The van der Waals surface area contributed by atoms with Gasteiger partial charge >= 0.3 is 0 Å². The van der Waals surface area contributed by atoms with E-state index in [-0.39, 0.29) is 36.5 Å². The highest BCUT2D eigenvalue weighted by Crippen LogP contribution is 2.45. The lowest BCUT2D eigenvalue weighted by Crippen LogP contribution is -2.14. The minimum atomic E-state index is -0.139. The summed E-state index contributed by atoms with van der Waals surface area (Å²) in [4.78, 5) is 29.1.